The predicted molar refractivity (Wildman–Crippen MR) is 157 cm³/mol. The number of carboxylic acid groups (broad SMARTS) is 2. The Morgan fingerprint density at radius 2 is 1.38 bits per heavy atom. The van der Waals surface area contributed by atoms with Crippen LogP contribution in [0.2, 0.25) is 0 Å². The van der Waals surface area contributed by atoms with E-state index in [1.807, 2.05) is 0 Å². The van der Waals surface area contributed by atoms with Crippen molar-refractivity contribution < 1.29 is 63.2 Å². The first-order chi connectivity index (χ1) is 20.8. The topological polar surface area (TPSA) is 272 Å². The van der Waals surface area contributed by atoms with Crippen LogP contribution < -0.4 is 21.3 Å². The van der Waals surface area contributed by atoms with Gasteiger partial charge >= 0.3 is 17.9 Å². The first kappa shape index (κ1) is 40.9. The van der Waals surface area contributed by atoms with Crippen LogP contribution in [0.4, 0.5) is 0 Å². The minimum Gasteiger partial charge on any atom is -0.481 e. The van der Waals surface area contributed by atoms with E-state index in [1.165, 1.54) is 13.8 Å². The average molecular weight is 663 g/mol. The van der Waals surface area contributed by atoms with Crippen LogP contribution in [0.15, 0.2) is 0 Å². The summed E-state index contributed by atoms with van der Waals surface area (Å²) in [5.74, 6) is -6.18. The fraction of sp³-hybridized carbons (Fsp3) is 0.667. The van der Waals surface area contributed by atoms with E-state index in [9.17, 15) is 48.3 Å². The highest BCUT2D eigenvalue weighted by Crippen LogP contribution is 2.22. The molecule has 0 aliphatic rings. The van der Waals surface area contributed by atoms with Gasteiger partial charge in [-0.3, -0.25) is 33.6 Å². The Labute approximate surface area is 264 Å². The van der Waals surface area contributed by atoms with E-state index in [0.717, 1.165) is 25.6 Å². The van der Waals surface area contributed by atoms with Crippen LogP contribution in [0.3, 0.4) is 0 Å². The van der Waals surface area contributed by atoms with Crippen LogP contribution in [0, 0.1) is 5.41 Å². The number of carbonyl (C=O) groups is 9. The minimum absolute atomic E-state index is 0.0773. The third kappa shape index (κ3) is 19.0. The fourth-order valence-electron chi connectivity index (χ4n) is 3.50. The van der Waals surface area contributed by atoms with Gasteiger partial charge in [0.25, 0.3) is 0 Å². The summed E-state index contributed by atoms with van der Waals surface area (Å²) in [6.07, 6.45) is -3.24. The predicted octanol–water partition coefficient (Wildman–Crippen LogP) is -1.50. The minimum atomic E-state index is -1.66. The van der Waals surface area contributed by atoms with Crippen LogP contribution in [0.5, 0.6) is 0 Å². The van der Waals surface area contributed by atoms with Crippen LogP contribution in [0.1, 0.15) is 66.2 Å². The molecule has 0 aromatic heterocycles. The van der Waals surface area contributed by atoms with Crippen molar-refractivity contribution in [2.45, 2.75) is 84.4 Å². The number of ketones is 1. The van der Waals surface area contributed by atoms with Gasteiger partial charge in [-0.25, -0.2) is 9.59 Å². The Bertz CT molecular complexity index is 1110. The van der Waals surface area contributed by atoms with Gasteiger partial charge in [-0.15, -0.1) is 0 Å². The van der Waals surface area contributed by atoms with Crippen molar-refractivity contribution in [3.63, 3.8) is 0 Å². The molecule has 18 heteroatoms. The Hall–Kier alpha value is -4.06. The maximum atomic E-state index is 12.4. The molecule has 254 valence electrons. The molecule has 0 unspecified atom stereocenters. The molecule has 0 aliphatic heterocycles. The molecule has 3 atom stereocenters. The Balaban J connectivity index is 4.41. The van der Waals surface area contributed by atoms with Gasteiger partial charge in [0.1, 0.15) is 24.0 Å². The van der Waals surface area contributed by atoms with E-state index in [2.05, 4.69) is 21.3 Å². The van der Waals surface area contributed by atoms with Crippen LogP contribution in [-0.4, -0.2) is 111 Å². The van der Waals surface area contributed by atoms with Gasteiger partial charge < -0.3 is 41.3 Å². The number of rotatable bonds is 22. The number of ether oxygens (including phenoxy) is 1. The summed E-state index contributed by atoms with van der Waals surface area (Å²) in [6, 6.07) is -2.46. The van der Waals surface area contributed by atoms with Gasteiger partial charge in [-0.2, -0.15) is 0 Å². The Morgan fingerprint density at radius 3 is 1.93 bits per heavy atom. The number of amides is 4. The molecule has 0 bridgehead atoms. The molecule has 0 aliphatic carbocycles. The van der Waals surface area contributed by atoms with Crippen molar-refractivity contribution in [3.05, 3.63) is 0 Å². The number of carbonyl (C=O) groups excluding carboxylic acids is 7. The highest BCUT2D eigenvalue weighted by molar-refractivity contribution is 8.13. The molecular formula is C27H42N4O13S. The third-order valence-corrected chi connectivity index (χ3v) is 6.83. The zero-order valence-electron chi connectivity index (χ0n) is 25.6. The Morgan fingerprint density at radius 1 is 0.800 bits per heavy atom. The molecule has 45 heavy (non-hydrogen) atoms. The van der Waals surface area contributed by atoms with Crippen LogP contribution >= 0.6 is 11.8 Å². The number of esters is 1. The summed E-state index contributed by atoms with van der Waals surface area (Å²) in [5.41, 5.74) is -1.29. The van der Waals surface area contributed by atoms with E-state index in [4.69, 9.17) is 14.9 Å². The van der Waals surface area contributed by atoms with Crippen LogP contribution in [0.25, 0.3) is 0 Å². The number of hydrogen-bond donors (Lipinski definition) is 7. The highest BCUT2D eigenvalue weighted by Gasteiger charge is 2.36. The van der Waals surface area contributed by atoms with E-state index in [1.54, 1.807) is 0 Å². The number of thioether (sulfide) groups is 1. The lowest BCUT2D eigenvalue weighted by atomic mass is 9.87. The van der Waals surface area contributed by atoms with Crippen molar-refractivity contribution >= 4 is 64.2 Å². The first-order valence-electron chi connectivity index (χ1n) is 13.9. The number of aliphatic hydroxyl groups is 1. The second kappa shape index (κ2) is 20.8. The molecule has 0 rings (SSSR count). The van der Waals surface area contributed by atoms with Gasteiger partial charge in [0, 0.05) is 57.4 Å². The molecule has 0 radical (unpaired) electrons. The zero-order valence-corrected chi connectivity index (χ0v) is 26.5. The molecule has 0 heterocycles. The summed E-state index contributed by atoms with van der Waals surface area (Å²) < 4.78 is 5.12. The van der Waals surface area contributed by atoms with E-state index >= 15 is 0 Å². The van der Waals surface area contributed by atoms with Gasteiger partial charge in [0.15, 0.2) is 5.12 Å². The van der Waals surface area contributed by atoms with Gasteiger partial charge in [-0.05, 0) is 12.8 Å². The number of nitrogens with one attached hydrogen (secondary N) is 4. The molecule has 0 aromatic carbocycles. The SMILES string of the molecule is CC(=O)N[C@@H](CCC(=O)CC(=O)SCCNC(=O)CCNC(=O)[C@H](O)C(C)(C)COC(=O)[C@H](CCC(=O)O)NC(C)=O)C(=O)O. The second-order valence-corrected chi connectivity index (χ2v) is 11.8. The maximum Gasteiger partial charge on any atom is 0.328 e. The van der Waals surface area contributed by atoms with Gasteiger partial charge in [0.05, 0.1) is 13.0 Å². The molecule has 0 spiro atoms. The second-order valence-electron chi connectivity index (χ2n) is 10.6. The number of aliphatic hydroxyl groups excluding tert-OH is 1. The average Bonchev–Trinajstić information content (AvgIpc) is 2.93. The maximum absolute atomic E-state index is 12.4. The van der Waals surface area contributed by atoms with E-state index in [0.29, 0.717) is 0 Å². The number of carboxylic acids is 2. The number of Topliss-reactive ketones (excluding diaryl/α,β-unsaturated/α-hetero) is 1. The molecule has 0 aromatic rings. The van der Waals surface area contributed by atoms with E-state index < -0.39 is 95.5 Å². The normalized spacial score (nSPS) is 12.9. The third-order valence-electron chi connectivity index (χ3n) is 5.95. The van der Waals surface area contributed by atoms with Crippen molar-refractivity contribution in [3.8, 4) is 0 Å². The molecule has 0 saturated carbocycles. The molecule has 7 N–H and O–H groups in total. The number of aliphatic carboxylic acids is 2. The standard InChI is InChI=1S/C27H42N4O13S/c1-15(32)30-18(25(41)42)6-5-17(34)13-22(38)45-12-11-28-20(35)9-10-29-24(40)23(39)27(3,4)14-44-26(43)19(31-16(2)33)7-8-21(36)37/h18-19,23,39H,5-14H2,1-4H3,(H,28,35)(H,29,40)(H,30,32)(H,31,33)(H,36,37)(H,41,42)/t18-,19-,23-/m0/s1. The molecule has 0 fully saturated rings. The summed E-state index contributed by atoms with van der Waals surface area (Å²) in [6.45, 7) is 4.66. The lowest BCUT2D eigenvalue weighted by molar-refractivity contribution is -0.156. The zero-order chi connectivity index (χ0) is 34.7. The lowest BCUT2D eigenvalue weighted by Gasteiger charge is -2.29. The quantitative estimate of drug-likeness (QED) is 0.0395. The molecule has 4 amide bonds. The molecule has 0 saturated heterocycles. The summed E-state index contributed by atoms with van der Waals surface area (Å²) in [4.78, 5) is 105. The van der Waals surface area contributed by atoms with E-state index in [-0.39, 0.29) is 44.5 Å². The van der Waals surface area contributed by atoms with Crippen molar-refractivity contribution in [2.24, 2.45) is 5.41 Å². The summed E-state index contributed by atoms with van der Waals surface area (Å²) in [5, 5.41) is 37.2. The Kier molecular flexibility index (Phi) is 18.9. The smallest absolute Gasteiger partial charge is 0.328 e. The molecule has 17 nitrogen and oxygen atoms in total. The fourth-order valence-corrected chi connectivity index (χ4v) is 4.20. The van der Waals surface area contributed by atoms with Gasteiger partial charge in [0.2, 0.25) is 23.6 Å². The number of hydrogen-bond acceptors (Lipinski definition) is 12. The van der Waals surface area contributed by atoms with Crippen molar-refractivity contribution in [1.82, 2.24) is 21.3 Å². The molecular weight excluding hydrogens is 620 g/mol. The monoisotopic (exact) mass is 662 g/mol. The largest absolute Gasteiger partial charge is 0.481 e. The van der Waals surface area contributed by atoms with Crippen molar-refractivity contribution in [1.29, 1.82) is 0 Å². The van der Waals surface area contributed by atoms with Crippen LogP contribution in [-0.2, 0) is 47.9 Å². The van der Waals surface area contributed by atoms with Crippen molar-refractivity contribution in [2.75, 3.05) is 25.4 Å². The first-order valence-corrected chi connectivity index (χ1v) is 14.9. The summed E-state index contributed by atoms with van der Waals surface area (Å²) in [7, 11) is 0. The lowest BCUT2D eigenvalue weighted by Crippen LogP contribution is -2.48. The summed E-state index contributed by atoms with van der Waals surface area (Å²) >= 11 is 0.802. The van der Waals surface area contributed by atoms with Gasteiger partial charge in [-0.1, -0.05) is 25.6 Å². The highest BCUT2D eigenvalue weighted by atomic mass is 32.2.